The molecule has 2 fully saturated rings. The molecule has 0 aromatic heterocycles. The van der Waals surface area contributed by atoms with Crippen LogP contribution in [0.25, 0.3) is 0 Å². The lowest BCUT2D eigenvalue weighted by Crippen LogP contribution is -2.41. The van der Waals surface area contributed by atoms with Gasteiger partial charge in [0.05, 0.1) is 17.9 Å². The molecule has 1 heterocycles. The van der Waals surface area contributed by atoms with Crippen LogP contribution < -0.4 is 0 Å². The lowest BCUT2D eigenvalue weighted by molar-refractivity contribution is -0.147. The number of piperidine rings is 1. The number of rotatable bonds is 3. The van der Waals surface area contributed by atoms with E-state index in [4.69, 9.17) is 4.74 Å². The standard InChI is InChI=1S/C15H19NO4S/c1-10-3-5-13(6-4-10)21(18,19)16-9-11-7-12(16)8-14(11)15(17)20-2/h3-6,11-12,14H,7-9H2,1-2H3/t11?,12?,14-/m1/s1. The summed E-state index contributed by atoms with van der Waals surface area (Å²) < 4.78 is 31.7. The third kappa shape index (κ3) is 2.36. The van der Waals surface area contributed by atoms with E-state index in [-0.39, 0.29) is 23.8 Å². The summed E-state index contributed by atoms with van der Waals surface area (Å²) in [6.07, 6.45) is 1.33. The van der Waals surface area contributed by atoms with Crippen molar-refractivity contribution < 1.29 is 17.9 Å². The van der Waals surface area contributed by atoms with E-state index >= 15 is 0 Å². The number of benzene rings is 1. The molecular formula is C15H19NO4S. The van der Waals surface area contributed by atoms with Crippen LogP contribution in [-0.4, -0.2) is 38.4 Å². The lowest BCUT2D eigenvalue weighted by atomic mass is 9.96. The minimum atomic E-state index is -3.46. The Hall–Kier alpha value is -1.40. The molecule has 21 heavy (non-hydrogen) atoms. The number of hydrogen-bond donors (Lipinski definition) is 0. The second kappa shape index (κ2) is 5.10. The maximum Gasteiger partial charge on any atom is 0.309 e. The quantitative estimate of drug-likeness (QED) is 0.795. The SMILES string of the molecule is COC(=O)[C@@H]1CC2CC1CN2S(=O)(=O)c1ccc(C)cc1. The molecular weight excluding hydrogens is 290 g/mol. The van der Waals surface area contributed by atoms with Crippen molar-refractivity contribution in [2.75, 3.05) is 13.7 Å². The molecule has 6 heteroatoms. The zero-order valence-electron chi connectivity index (χ0n) is 12.2. The van der Waals surface area contributed by atoms with Crippen molar-refractivity contribution in [2.24, 2.45) is 11.8 Å². The first-order valence-corrected chi connectivity index (χ1v) is 8.54. The maximum atomic E-state index is 12.7. The summed E-state index contributed by atoms with van der Waals surface area (Å²) in [6, 6.07) is 6.82. The van der Waals surface area contributed by atoms with Gasteiger partial charge < -0.3 is 4.74 Å². The number of fused-ring (bicyclic) bond motifs is 2. The van der Waals surface area contributed by atoms with Crippen molar-refractivity contribution in [3.63, 3.8) is 0 Å². The van der Waals surface area contributed by atoms with Gasteiger partial charge in [0.15, 0.2) is 0 Å². The van der Waals surface area contributed by atoms with Crippen molar-refractivity contribution in [1.82, 2.24) is 4.31 Å². The van der Waals surface area contributed by atoms with E-state index in [0.29, 0.717) is 17.9 Å². The Bertz CT molecular complexity index is 653. The molecule has 1 saturated carbocycles. The summed E-state index contributed by atoms with van der Waals surface area (Å²) in [5, 5.41) is 0. The van der Waals surface area contributed by atoms with Gasteiger partial charge in [-0.3, -0.25) is 4.79 Å². The zero-order chi connectivity index (χ0) is 15.2. The van der Waals surface area contributed by atoms with Gasteiger partial charge in [-0.05, 0) is 37.8 Å². The van der Waals surface area contributed by atoms with E-state index in [9.17, 15) is 13.2 Å². The molecule has 1 aromatic carbocycles. The highest BCUT2D eigenvalue weighted by atomic mass is 32.2. The van der Waals surface area contributed by atoms with Gasteiger partial charge in [-0.15, -0.1) is 0 Å². The number of methoxy groups -OCH3 is 1. The van der Waals surface area contributed by atoms with Gasteiger partial charge in [0.1, 0.15) is 0 Å². The summed E-state index contributed by atoms with van der Waals surface area (Å²) in [7, 11) is -2.08. The van der Waals surface area contributed by atoms with Crippen LogP contribution in [0.5, 0.6) is 0 Å². The topological polar surface area (TPSA) is 63.7 Å². The first-order valence-electron chi connectivity index (χ1n) is 7.10. The predicted octanol–water partition coefficient (Wildman–Crippen LogP) is 1.57. The maximum absolute atomic E-state index is 12.7. The van der Waals surface area contributed by atoms with E-state index < -0.39 is 10.0 Å². The van der Waals surface area contributed by atoms with Gasteiger partial charge in [0, 0.05) is 12.6 Å². The average Bonchev–Trinajstić information content (AvgIpc) is 3.07. The summed E-state index contributed by atoms with van der Waals surface area (Å²) in [5.74, 6) is -0.276. The Balaban J connectivity index is 1.81. The Morgan fingerprint density at radius 2 is 1.90 bits per heavy atom. The summed E-state index contributed by atoms with van der Waals surface area (Å²) in [6.45, 7) is 2.34. The van der Waals surface area contributed by atoms with Crippen molar-refractivity contribution in [2.45, 2.75) is 30.7 Å². The van der Waals surface area contributed by atoms with Gasteiger partial charge >= 0.3 is 5.97 Å². The van der Waals surface area contributed by atoms with Gasteiger partial charge in [-0.1, -0.05) is 17.7 Å². The molecule has 2 unspecified atom stereocenters. The van der Waals surface area contributed by atoms with Gasteiger partial charge in [0.2, 0.25) is 10.0 Å². The zero-order valence-corrected chi connectivity index (χ0v) is 13.0. The molecule has 1 aliphatic carbocycles. The van der Waals surface area contributed by atoms with Crippen LogP contribution in [0.4, 0.5) is 0 Å². The third-order valence-corrected chi connectivity index (χ3v) is 6.56. The van der Waals surface area contributed by atoms with Crippen LogP contribution in [0.15, 0.2) is 29.2 Å². The number of nitrogens with zero attached hydrogens (tertiary/aromatic N) is 1. The molecule has 2 aliphatic rings. The first-order chi connectivity index (χ1) is 9.93. The molecule has 1 saturated heterocycles. The smallest absolute Gasteiger partial charge is 0.309 e. The molecule has 1 aliphatic heterocycles. The third-order valence-electron chi connectivity index (χ3n) is 4.62. The molecule has 3 atom stereocenters. The second-order valence-corrected chi connectivity index (χ2v) is 7.79. The normalized spacial score (nSPS) is 28.8. The van der Waals surface area contributed by atoms with E-state index in [1.165, 1.54) is 7.11 Å². The highest BCUT2D eigenvalue weighted by Gasteiger charge is 2.51. The molecule has 0 N–H and O–H groups in total. The molecule has 0 amide bonds. The predicted molar refractivity (Wildman–Crippen MR) is 77.1 cm³/mol. The monoisotopic (exact) mass is 309 g/mol. The summed E-state index contributed by atoms with van der Waals surface area (Å²) in [5.41, 5.74) is 1.03. The van der Waals surface area contributed by atoms with Crippen molar-refractivity contribution in [3.8, 4) is 0 Å². The molecule has 1 aromatic rings. The number of carbonyl (C=O) groups excluding carboxylic acids is 1. The summed E-state index contributed by atoms with van der Waals surface area (Å²) >= 11 is 0. The number of carbonyl (C=O) groups is 1. The highest BCUT2D eigenvalue weighted by molar-refractivity contribution is 7.89. The molecule has 5 nitrogen and oxygen atoms in total. The number of esters is 1. The Morgan fingerprint density at radius 3 is 2.43 bits per heavy atom. The molecule has 114 valence electrons. The molecule has 0 spiro atoms. The molecule has 3 rings (SSSR count). The minimum absolute atomic E-state index is 0.0783. The van der Waals surface area contributed by atoms with Crippen LogP contribution >= 0.6 is 0 Å². The van der Waals surface area contributed by atoms with Crippen molar-refractivity contribution in [1.29, 1.82) is 0 Å². The van der Waals surface area contributed by atoms with Crippen molar-refractivity contribution >= 4 is 16.0 Å². The van der Waals surface area contributed by atoms with E-state index in [1.54, 1.807) is 28.6 Å². The number of hydrogen-bond acceptors (Lipinski definition) is 4. The van der Waals surface area contributed by atoms with Crippen molar-refractivity contribution in [3.05, 3.63) is 29.8 Å². The van der Waals surface area contributed by atoms with Crippen LogP contribution in [0.2, 0.25) is 0 Å². The largest absolute Gasteiger partial charge is 0.469 e. The highest BCUT2D eigenvalue weighted by Crippen LogP contribution is 2.44. The van der Waals surface area contributed by atoms with E-state index in [1.807, 2.05) is 6.92 Å². The Labute approximate surface area is 124 Å². The van der Waals surface area contributed by atoms with Crippen LogP contribution in [0, 0.1) is 18.8 Å². The Morgan fingerprint density at radius 1 is 1.24 bits per heavy atom. The van der Waals surface area contributed by atoms with Gasteiger partial charge in [0.25, 0.3) is 0 Å². The fraction of sp³-hybridized carbons (Fsp3) is 0.533. The van der Waals surface area contributed by atoms with Gasteiger partial charge in [-0.25, -0.2) is 8.42 Å². The molecule has 0 radical (unpaired) electrons. The molecule has 2 bridgehead atoms. The number of aryl methyl sites for hydroxylation is 1. The number of sulfonamides is 1. The minimum Gasteiger partial charge on any atom is -0.469 e. The van der Waals surface area contributed by atoms with Crippen LogP contribution in [0.3, 0.4) is 0 Å². The van der Waals surface area contributed by atoms with Crippen LogP contribution in [-0.2, 0) is 19.6 Å². The number of ether oxygens (including phenoxy) is 1. The first kappa shape index (κ1) is 14.5. The fourth-order valence-electron chi connectivity index (χ4n) is 3.49. The van der Waals surface area contributed by atoms with Crippen LogP contribution in [0.1, 0.15) is 18.4 Å². The second-order valence-electron chi connectivity index (χ2n) is 5.90. The van der Waals surface area contributed by atoms with Gasteiger partial charge in [-0.2, -0.15) is 4.31 Å². The van der Waals surface area contributed by atoms with E-state index in [0.717, 1.165) is 12.0 Å². The van der Waals surface area contributed by atoms with E-state index in [2.05, 4.69) is 0 Å². The Kier molecular flexibility index (Phi) is 3.53. The average molecular weight is 309 g/mol. The lowest BCUT2D eigenvalue weighted by Gasteiger charge is -2.29. The summed E-state index contributed by atoms with van der Waals surface area (Å²) in [4.78, 5) is 12.0. The fourth-order valence-corrected chi connectivity index (χ4v) is 5.20.